The summed E-state index contributed by atoms with van der Waals surface area (Å²) in [7, 11) is 0. The molecule has 0 amide bonds. The Bertz CT molecular complexity index is 875. The number of aldehydes is 1. The number of nitrogens with zero attached hydrogens (tertiary/aromatic N) is 2. The highest BCUT2D eigenvalue weighted by Gasteiger charge is 2.39. The molecule has 1 atom stereocenters. The molecule has 1 unspecified atom stereocenters. The smallest absolute Gasteiger partial charge is 0.352 e. The predicted octanol–water partition coefficient (Wildman–Crippen LogP) is 2.98. The third-order valence-electron chi connectivity index (χ3n) is 4.45. The lowest BCUT2D eigenvalue weighted by Crippen LogP contribution is -2.30. The highest BCUT2D eigenvalue weighted by atomic mass is 19.4. The van der Waals surface area contributed by atoms with Gasteiger partial charge in [0, 0.05) is 13.0 Å². The van der Waals surface area contributed by atoms with E-state index in [1.807, 2.05) is 12.1 Å². The largest absolute Gasteiger partial charge is 0.421 e. The molecule has 0 bridgehead atoms. The van der Waals surface area contributed by atoms with Gasteiger partial charge < -0.3 is 4.52 Å². The van der Waals surface area contributed by atoms with Crippen LogP contribution < -0.4 is 0 Å². The molecule has 6 nitrogen and oxygen atoms in total. The lowest BCUT2D eigenvalue weighted by molar-refractivity contribution is -0.138. The number of hydrogen-bond acceptors (Lipinski definition) is 6. The van der Waals surface area contributed by atoms with Gasteiger partial charge in [-0.25, -0.2) is 0 Å². The lowest BCUT2D eigenvalue weighted by atomic mass is 10.0. The van der Waals surface area contributed by atoms with Gasteiger partial charge in [-0.15, -0.1) is 0 Å². The third-order valence-corrected chi connectivity index (χ3v) is 4.45. The van der Waals surface area contributed by atoms with Gasteiger partial charge in [0.1, 0.15) is 11.6 Å². The summed E-state index contributed by atoms with van der Waals surface area (Å²) in [6.07, 6.45) is -3.98. The second-order valence-electron chi connectivity index (χ2n) is 6.19. The van der Waals surface area contributed by atoms with Gasteiger partial charge >= 0.3 is 6.18 Å². The zero-order valence-electron chi connectivity index (χ0n) is 14.0. The molecule has 27 heavy (non-hydrogen) atoms. The number of carbonyl (C=O) groups excluding carboxylic acids is 3. The van der Waals surface area contributed by atoms with Gasteiger partial charge in [-0.1, -0.05) is 29.4 Å². The van der Waals surface area contributed by atoms with Gasteiger partial charge in [-0.05, 0) is 24.1 Å². The van der Waals surface area contributed by atoms with E-state index in [-0.39, 0.29) is 25.7 Å². The summed E-state index contributed by atoms with van der Waals surface area (Å²) >= 11 is 0. The summed E-state index contributed by atoms with van der Waals surface area (Å²) in [4.78, 5) is 36.8. The number of fused-ring (bicyclic) bond motifs is 1. The fourth-order valence-corrected chi connectivity index (χ4v) is 3.26. The molecule has 0 spiro atoms. The normalized spacial score (nSPS) is 16.9. The van der Waals surface area contributed by atoms with Gasteiger partial charge in [0.15, 0.2) is 6.29 Å². The Kier molecular flexibility index (Phi) is 5.22. The highest BCUT2D eigenvalue weighted by Crippen LogP contribution is 2.35. The first-order chi connectivity index (χ1) is 12.8. The molecule has 2 heterocycles. The van der Waals surface area contributed by atoms with E-state index >= 15 is 0 Å². The van der Waals surface area contributed by atoms with Gasteiger partial charge in [0.2, 0.25) is 17.3 Å². The molecular formula is C18H15F3N2O4. The molecule has 2 aromatic rings. The Labute approximate surface area is 151 Å². The second kappa shape index (κ2) is 7.43. The standard InChI is InChI=1S/C18H15F3N2O4/c19-18(20,21)13-8-22-27-17(13)14(25)6-3-7-23-9-11-4-1-2-5-12(11)16(23)15(26)10-24/h1-2,4-5,8,10,16H,3,6-7,9H2. The number of benzene rings is 1. The molecule has 0 N–H and O–H groups in total. The molecular weight excluding hydrogens is 365 g/mol. The van der Waals surface area contributed by atoms with Crippen LogP contribution in [0.1, 0.15) is 46.1 Å². The molecule has 9 heteroatoms. The van der Waals surface area contributed by atoms with Crippen molar-refractivity contribution in [3.63, 3.8) is 0 Å². The number of halogens is 3. The molecule has 0 aliphatic carbocycles. The van der Waals surface area contributed by atoms with Gasteiger partial charge in [-0.3, -0.25) is 19.3 Å². The van der Waals surface area contributed by atoms with Gasteiger partial charge in [0.25, 0.3) is 0 Å². The first-order valence-corrected chi connectivity index (χ1v) is 8.19. The van der Waals surface area contributed by atoms with Crippen molar-refractivity contribution in [2.24, 2.45) is 0 Å². The summed E-state index contributed by atoms with van der Waals surface area (Å²) in [5, 5.41) is 3.06. The molecule has 0 saturated heterocycles. The van der Waals surface area contributed by atoms with Crippen molar-refractivity contribution in [3.8, 4) is 0 Å². The Morgan fingerprint density at radius 3 is 2.74 bits per heavy atom. The van der Waals surface area contributed by atoms with Crippen LogP contribution in [-0.4, -0.2) is 34.5 Å². The minimum absolute atomic E-state index is 0.201. The molecule has 1 aliphatic rings. The molecule has 0 saturated carbocycles. The molecule has 1 aliphatic heterocycles. The quantitative estimate of drug-likeness (QED) is 0.417. The van der Waals surface area contributed by atoms with Crippen molar-refractivity contribution in [1.29, 1.82) is 0 Å². The number of alkyl halides is 3. The van der Waals surface area contributed by atoms with Crippen molar-refractivity contribution < 1.29 is 32.1 Å². The zero-order chi connectivity index (χ0) is 19.6. The first-order valence-electron chi connectivity index (χ1n) is 8.19. The number of hydrogen-bond donors (Lipinski definition) is 0. The van der Waals surface area contributed by atoms with Crippen LogP contribution in [0.2, 0.25) is 0 Å². The maximum absolute atomic E-state index is 12.8. The maximum atomic E-state index is 12.8. The van der Waals surface area contributed by atoms with Crippen molar-refractivity contribution in [2.45, 2.75) is 31.6 Å². The van der Waals surface area contributed by atoms with Crippen LogP contribution in [0, 0.1) is 0 Å². The number of Topliss-reactive ketones (excluding diaryl/α,β-unsaturated/α-hetero) is 2. The van der Waals surface area contributed by atoms with Crippen LogP contribution >= 0.6 is 0 Å². The molecule has 1 aromatic carbocycles. The number of rotatable bonds is 7. The summed E-state index contributed by atoms with van der Waals surface area (Å²) in [5.74, 6) is -2.22. The Balaban J connectivity index is 1.65. The maximum Gasteiger partial charge on any atom is 0.421 e. The van der Waals surface area contributed by atoms with E-state index < -0.39 is 35.1 Å². The Hall–Kier alpha value is -2.81. The van der Waals surface area contributed by atoms with Gasteiger partial charge in [0.05, 0.1) is 6.20 Å². The molecule has 1 aromatic heterocycles. The minimum atomic E-state index is -4.72. The second-order valence-corrected chi connectivity index (χ2v) is 6.19. The highest BCUT2D eigenvalue weighted by molar-refractivity contribution is 6.27. The fraction of sp³-hybridized carbons (Fsp3) is 0.333. The van der Waals surface area contributed by atoms with Crippen molar-refractivity contribution in [3.05, 3.63) is 52.9 Å². The Morgan fingerprint density at radius 1 is 1.30 bits per heavy atom. The van der Waals surface area contributed by atoms with Crippen LogP contribution in [0.5, 0.6) is 0 Å². The number of aromatic nitrogens is 1. The molecule has 142 valence electrons. The van der Waals surface area contributed by atoms with E-state index in [1.54, 1.807) is 17.0 Å². The van der Waals surface area contributed by atoms with E-state index in [9.17, 15) is 27.6 Å². The summed E-state index contributed by atoms with van der Waals surface area (Å²) < 4.78 is 42.9. The van der Waals surface area contributed by atoms with Crippen LogP contribution in [0.4, 0.5) is 13.2 Å². The fourth-order valence-electron chi connectivity index (χ4n) is 3.26. The molecule has 0 radical (unpaired) electrons. The average Bonchev–Trinajstić information content (AvgIpc) is 3.25. The summed E-state index contributed by atoms with van der Waals surface area (Å²) in [6, 6.07) is 6.45. The summed E-state index contributed by atoms with van der Waals surface area (Å²) in [6.45, 7) is 0.685. The average molecular weight is 380 g/mol. The SMILES string of the molecule is O=CC(=O)C1c2ccccc2CN1CCCC(=O)c1oncc1C(F)(F)F. The van der Waals surface area contributed by atoms with Crippen molar-refractivity contribution in [2.75, 3.05) is 6.54 Å². The van der Waals surface area contributed by atoms with Crippen LogP contribution in [-0.2, 0) is 22.3 Å². The molecule has 0 fully saturated rings. The van der Waals surface area contributed by atoms with E-state index in [2.05, 4.69) is 9.68 Å². The number of carbonyl (C=O) groups is 3. The Morgan fingerprint density at radius 2 is 2.04 bits per heavy atom. The zero-order valence-corrected chi connectivity index (χ0v) is 14.0. The lowest BCUT2D eigenvalue weighted by Gasteiger charge is -2.22. The van der Waals surface area contributed by atoms with Crippen molar-refractivity contribution in [1.82, 2.24) is 10.1 Å². The van der Waals surface area contributed by atoms with E-state index in [1.165, 1.54) is 0 Å². The van der Waals surface area contributed by atoms with E-state index in [4.69, 9.17) is 0 Å². The monoisotopic (exact) mass is 380 g/mol. The number of ketones is 2. The van der Waals surface area contributed by atoms with Crippen LogP contribution in [0.3, 0.4) is 0 Å². The van der Waals surface area contributed by atoms with E-state index in [0.29, 0.717) is 12.7 Å². The van der Waals surface area contributed by atoms with E-state index in [0.717, 1.165) is 11.1 Å². The predicted molar refractivity (Wildman–Crippen MR) is 85.7 cm³/mol. The summed E-state index contributed by atoms with van der Waals surface area (Å²) in [5.41, 5.74) is 0.434. The third kappa shape index (κ3) is 3.82. The minimum Gasteiger partial charge on any atom is -0.352 e. The first kappa shape index (κ1) is 19.0. The van der Waals surface area contributed by atoms with Crippen molar-refractivity contribution >= 4 is 17.9 Å². The van der Waals surface area contributed by atoms with Gasteiger partial charge in [-0.2, -0.15) is 13.2 Å². The topological polar surface area (TPSA) is 80.5 Å². The van der Waals surface area contributed by atoms with Crippen LogP contribution in [0.25, 0.3) is 0 Å². The molecule has 3 rings (SSSR count). The van der Waals surface area contributed by atoms with Crippen LogP contribution in [0.15, 0.2) is 35.0 Å².